The predicted octanol–water partition coefficient (Wildman–Crippen LogP) is 6.30. The fourth-order valence-electron chi connectivity index (χ4n) is 2.44. The van der Waals surface area contributed by atoms with Crippen molar-refractivity contribution in [2.75, 3.05) is 0 Å². The van der Waals surface area contributed by atoms with Gasteiger partial charge in [0.05, 0.1) is 0 Å². The smallest absolute Gasteiger partial charge is 0.133 e. The molecule has 0 spiro atoms. The Labute approximate surface area is 121 Å². The van der Waals surface area contributed by atoms with Crippen molar-refractivity contribution in [2.24, 2.45) is 5.92 Å². The van der Waals surface area contributed by atoms with E-state index in [0.717, 1.165) is 25.7 Å². The van der Waals surface area contributed by atoms with Gasteiger partial charge in [0.2, 0.25) is 0 Å². The Hall–Kier alpha value is -0.330. The molecular weight excluding hydrogens is 232 g/mol. The summed E-state index contributed by atoms with van der Waals surface area (Å²) in [6.07, 6.45) is 16.2. The highest BCUT2D eigenvalue weighted by Gasteiger charge is 2.06. The summed E-state index contributed by atoms with van der Waals surface area (Å²) in [5.74, 6) is 1.06. The van der Waals surface area contributed by atoms with Crippen LogP contribution >= 0.6 is 0 Å². The molecule has 0 fully saturated rings. The number of carbonyl (C=O) groups is 1. The van der Waals surface area contributed by atoms with E-state index in [1.165, 1.54) is 57.8 Å². The molecule has 114 valence electrons. The van der Waals surface area contributed by atoms with Gasteiger partial charge in [0, 0.05) is 12.8 Å². The first-order valence-electron chi connectivity index (χ1n) is 8.72. The summed E-state index contributed by atoms with van der Waals surface area (Å²) in [4.78, 5) is 11.6. The van der Waals surface area contributed by atoms with Crippen LogP contribution < -0.4 is 0 Å². The van der Waals surface area contributed by atoms with Crippen LogP contribution in [0.25, 0.3) is 0 Å². The monoisotopic (exact) mass is 268 g/mol. The summed E-state index contributed by atoms with van der Waals surface area (Å²) in [7, 11) is 0. The minimum absolute atomic E-state index is 0.480. The topological polar surface area (TPSA) is 17.1 Å². The first kappa shape index (κ1) is 18.7. The quantitative estimate of drug-likeness (QED) is 0.338. The van der Waals surface area contributed by atoms with Crippen molar-refractivity contribution in [1.29, 1.82) is 0 Å². The van der Waals surface area contributed by atoms with Crippen LogP contribution in [0.3, 0.4) is 0 Å². The molecule has 0 aromatic carbocycles. The third-order valence-electron chi connectivity index (χ3n) is 4.08. The Morgan fingerprint density at radius 2 is 1.26 bits per heavy atom. The Morgan fingerprint density at radius 1 is 0.789 bits per heavy atom. The molecule has 0 amide bonds. The second-order valence-corrected chi connectivity index (χ2v) is 6.19. The maximum atomic E-state index is 11.6. The van der Waals surface area contributed by atoms with E-state index in [1.807, 2.05) is 0 Å². The molecule has 1 unspecified atom stereocenters. The highest BCUT2D eigenvalue weighted by atomic mass is 16.1. The molecule has 0 heterocycles. The molecule has 0 radical (unpaired) electrons. The van der Waals surface area contributed by atoms with Gasteiger partial charge in [-0.05, 0) is 12.3 Å². The fraction of sp³-hybridized carbons (Fsp3) is 0.944. The molecule has 19 heavy (non-hydrogen) atoms. The van der Waals surface area contributed by atoms with Crippen LogP contribution in [-0.4, -0.2) is 5.78 Å². The Bertz CT molecular complexity index is 198. The molecule has 0 saturated carbocycles. The van der Waals surface area contributed by atoms with Crippen LogP contribution in [0.4, 0.5) is 0 Å². The van der Waals surface area contributed by atoms with Crippen molar-refractivity contribution in [1.82, 2.24) is 0 Å². The summed E-state index contributed by atoms with van der Waals surface area (Å²) in [6, 6.07) is 0. The first-order valence-corrected chi connectivity index (χ1v) is 8.72. The molecule has 0 N–H and O–H groups in total. The van der Waals surface area contributed by atoms with E-state index in [9.17, 15) is 4.79 Å². The summed E-state index contributed by atoms with van der Waals surface area (Å²) in [5.41, 5.74) is 0. The van der Waals surface area contributed by atoms with Crippen LogP contribution in [0.1, 0.15) is 104 Å². The van der Waals surface area contributed by atoms with Crippen LogP contribution in [0.15, 0.2) is 0 Å². The maximum Gasteiger partial charge on any atom is 0.133 e. The van der Waals surface area contributed by atoms with E-state index in [0.29, 0.717) is 11.7 Å². The molecule has 0 aliphatic rings. The lowest BCUT2D eigenvalue weighted by atomic mass is 9.98. The number of hydrogen-bond donors (Lipinski definition) is 0. The third-order valence-corrected chi connectivity index (χ3v) is 4.08. The fourth-order valence-corrected chi connectivity index (χ4v) is 2.44. The third kappa shape index (κ3) is 13.9. The van der Waals surface area contributed by atoms with E-state index in [4.69, 9.17) is 0 Å². The summed E-state index contributed by atoms with van der Waals surface area (Å²) in [6.45, 7) is 6.61. The van der Waals surface area contributed by atoms with Crippen molar-refractivity contribution < 1.29 is 4.79 Å². The van der Waals surface area contributed by atoms with Crippen molar-refractivity contribution in [2.45, 2.75) is 104 Å². The normalized spacial score (nSPS) is 12.6. The largest absolute Gasteiger partial charge is 0.300 e. The summed E-state index contributed by atoms with van der Waals surface area (Å²) in [5, 5.41) is 0. The second-order valence-electron chi connectivity index (χ2n) is 6.19. The maximum absolute atomic E-state index is 11.6. The number of unbranched alkanes of at least 4 members (excludes halogenated alkanes) is 9. The molecule has 0 aliphatic carbocycles. The zero-order valence-corrected chi connectivity index (χ0v) is 13.7. The molecular formula is C18H36O. The Kier molecular flexibility index (Phi) is 13.8. The number of ketones is 1. The van der Waals surface area contributed by atoms with Crippen molar-refractivity contribution in [3.63, 3.8) is 0 Å². The Morgan fingerprint density at radius 3 is 1.74 bits per heavy atom. The van der Waals surface area contributed by atoms with Crippen LogP contribution in [0.5, 0.6) is 0 Å². The molecule has 1 nitrogen and oxygen atoms in total. The number of carbonyl (C=O) groups excluding carboxylic acids is 1. The molecule has 1 heteroatoms. The van der Waals surface area contributed by atoms with Gasteiger partial charge in [0.1, 0.15) is 5.78 Å². The average molecular weight is 268 g/mol. The van der Waals surface area contributed by atoms with E-state index < -0.39 is 0 Å². The summed E-state index contributed by atoms with van der Waals surface area (Å²) < 4.78 is 0. The lowest BCUT2D eigenvalue weighted by molar-refractivity contribution is -0.120. The molecule has 0 rings (SSSR count). The van der Waals surface area contributed by atoms with Gasteiger partial charge in [-0.15, -0.1) is 0 Å². The molecule has 0 bridgehead atoms. The van der Waals surface area contributed by atoms with Gasteiger partial charge in [0.15, 0.2) is 0 Å². The number of hydrogen-bond acceptors (Lipinski definition) is 1. The highest BCUT2D eigenvalue weighted by molar-refractivity contribution is 5.78. The van der Waals surface area contributed by atoms with Crippen molar-refractivity contribution in [3.05, 3.63) is 0 Å². The molecule has 0 aliphatic heterocycles. The lowest BCUT2D eigenvalue weighted by Crippen LogP contribution is -2.04. The van der Waals surface area contributed by atoms with Gasteiger partial charge in [0.25, 0.3) is 0 Å². The van der Waals surface area contributed by atoms with Crippen molar-refractivity contribution in [3.8, 4) is 0 Å². The average Bonchev–Trinajstić information content (AvgIpc) is 2.40. The minimum atomic E-state index is 0.480. The lowest BCUT2D eigenvalue weighted by Gasteiger charge is -2.06. The van der Waals surface area contributed by atoms with Crippen LogP contribution in [0.2, 0.25) is 0 Å². The van der Waals surface area contributed by atoms with Gasteiger partial charge in [-0.1, -0.05) is 85.0 Å². The van der Waals surface area contributed by atoms with Gasteiger partial charge in [-0.2, -0.15) is 0 Å². The van der Waals surface area contributed by atoms with E-state index in [2.05, 4.69) is 20.8 Å². The van der Waals surface area contributed by atoms with Gasteiger partial charge in [-0.25, -0.2) is 0 Å². The van der Waals surface area contributed by atoms with E-state index in [-0.39, 0.29) is 0 Å². The highest BCUT2D eigenvalue weighted by Crippen LogP contribution is 2.13. The molecule has 0 aromatic heterocycles. The molecule has 0 saturated heterocycles. The van der Waals surface area contributed by atoms with Gasteiger partial charge >= 0.3 is 0 Å². The van der Waals surface area contributed by atoms with Crippen LogP contribution in [-0.2, 0) is 4.79 Å². The zero-order chi connectivity index (χ0) is 14.3. The summed E-state index contributed by atoms with van der Waals surface area (Å²) >= 11 is 0. The molecule has 0 aromatic rings. The second kappa shape index (κ2) is 14.1. The van der Waals surface area contributed by atoms with Crippen LogP contribution in [0, 0.1) is 5.92 Å². The van der Waals surface area contributed by atoms with Crippen molar-refractivity contribution >= 4 is 5.78 Å². The van der Waals surface area contributed by atoms with E-state index in [1.54, 1.807) is 0 Å². The zero-order valence-electron chi connectivity index (χ0n) is 13.7. The number of Topliss-reactive ketones (excluding diaryl/α,β-unsaturated/α-hetero) is 1. The Balaban J connectivity index is 3.16. The number of rotatable bonds is 14. The molecule has 1 atom stereocenters. The predicted molar refractivity (Wildman–Crippen MR) is 85.5 cm³/mol. The van der Waals surface area contributed by atoms with Gasteiger partial charge < -0.3 is 0 Å². The standard InChI is InChI=1S/C18H36O/c1-4-6-7-8-9-10-11-12-13-14-15-18(19)16-17(3)5-2/h17H,4-16H2,1-3H3. The first-order chi connectivity index (χ1) is 9.20. The van der Waals surface area contributed by atoms with E-state index >= 15 is 0 Å². The van der Waals surface area contributed by atoms with Gasteiger partial charge in [-0.3, -0.25) is 4.79 Å². The SMILES string of the molecule is CCCCCCCCCCCCC(=O)CC(C)CC. The minimum Gasteiger partial charge on any atom is -0.300 e.